The number of halogens is 1. The predicted molar refractivity (Wildman–Crippen MR) is 73.1 cm³/mol. The van der Waals surface area contributed by atoms with Gasteiger partial charge in [-0.05, 0) is 17.7 Å². The van der Waals surface area contributed by atoms with Crippen molar-refractivity contribution in [2.24, 2.45) is 17.1 Å². The number of H-pyrrole nitrogens is 1. The lowest BCUT2D eigenvalue weighted by molar-refractivity contribution is -0.735. The Balaban J connectivity index is 2.36. The van der Waals surface area contributed by atoms with Crippen molar-refractivity contribution >= 4 is 23.7 Å². The van der Waals surface area contributed by atoms with Gasteiger partial charge in [0.25, 0.3) is 0 Å². The highest BCUT2D eigenvalue weighted by Crippen LogP contribution is 2.07. The summed E-state index contributed by atoms with van der Waals surface area (Å²) in [5.74, 6) is -0.603. The number of hydrogen-bond donors (Lipinski definition) is 1. The molecule has 1 N–H and O–H groups in total. The quantitative estimate of drug-likeness (QED) is 0.459. The molecule has 0 amide bonds. The third kappa shape index (κ3) is 2.77. The maximum atomic E-state index is 12.0. The zero-order valence-corrected chi connectivity index (χ0v) is 11.6. The van der Waals surface area contributed by atoms with Gasteiger partial charge in [0.05, 0.1) is 6.21 Å². The first-order valence-corrected chi connectivity index (χ1v) is 6.06. The summed E-state index contributed by atoms with van der Waals surface area (Å²) >= 11 is 5.77. The molecule has 20 heavy (non-hydrogen) atoms. The first kappa shape index (κ1) is 14.0. The molecule has 1 aromatic heterocycles. The Bertz CT molecular complexity index is 727. The number of aromatic amines is 1. The van der Waals surface area contributed by atoms with Gasteiger partial charge in [-0.2, -0.15) is 4.68 Å². The van der Waals surface area contributed by atoms with Crippen LogP contribution in [0, 0.1) is 0 Å². The lowest BCUT2D eigenvalue weighted by Gasteiger charge is -2.01. The minimum Gasteiger partial charge on any atom is -0.856 e. The summed E-state index contributed by atoms with van der Waals surface area (Å²) in [6.07, 6.45) is 1.48. The van der Waals surface area contributed by atoms with E-state index in [2.05, 4.69) is 15.3 Å². The minimum absolute atomic E-state index is 0.0826. The lowest BCUT2D eigenvalue weighted by Crippen LogP contribution is -2.43. The van der Waals surface area contributed by atoms with E-state index in [0.717, 1.165) is 10.4 Å². The average Bonchev–Trinajstić information content (AvgIpc) is 2.72. The van der Waals surface area contributed by atoms with E-state index in [9.17, 15) is 9.90 Å². The van der Waals surface area contributed by atoms with E-state index in [-0.39, 0.29) is 5.69 Å². The molecule has 0 saturated carbocycles. The van der Waals surface area contributed by atoms with Crippen LogP contribution in [0.1, 0.15) is 11.3 Å². The Labute approximate surface area is 119 Å². The van der Waals surface area contributed by atoms with Crippen molar-refractivity contribution < 1.29 is 9.79 Å². The largest absolute Gasteiger partial charge is 0.856 e. The number of rotatable bonds is 3. The highest BCUT2D eigenvalue weighted by Gasteiger charge is 2.18. The van der Waals surface area contributed by atoms with E-state index in [1.54, 1.807) is 24.3 Å². The zero-order chi connectivity index (χ0) is 14.7. The number of aromatic nitrogens is 3. The monoisotopic (exact) mass is 293 g/mol. The topological polar surface area (TPSA) is 89.4 Å². The molecule has 0 radical (unpaired) electrons. The van der Waals surface area contributed by atoms with E-state index in [4.69, 9.17) is 11.6 Å². The van der Waals surface area contributed by atoms with Crippen molar-refractivity contribution in [1.82, 2.24) is 10.0 Å². The van der Waals surface area contributed by atoms with Gasteiger partial charge in [-0.3, -0.25) is 4.99 Å². The third-order valence-electron chi connectivity index (χ3n) is 2.57. The Morgan fingerprint density at radius 2 is 2.10 bits per heavy atom. The minimum atomic E-state index is -0.603. The SMILES string of the molecule is CN=C([O-])c1c(=O)n(/N=C/c2ccc(Cl)cc2)[nH][n+]1C. The standard InChI is InChI=1S/C12H12ClN5O2/c1-14-11(19)10-12(20)18(16-17(10)2)15-7-8-3-5-9(13)6-4-8/h3-7H,1-2H3,(H-,14,16,19,20)/b15-7+. The maximum Gasteiger partial charge on any atom is 0.427 e. The molecule has 2 rings (SSSR count). The normalized spacial score (nSPS) is 12.2. The highest BCUT2D eigenvalue weighted by atomic mass is 35.5. The molecule has 1 aromatic carbocycles. The molecule has 104 valence electrons. The molecule has 0 spiro atoms. The summed E-state index contributed by atoms with van der Waals surface area (Å²) in [5.41, 5.74) is 0.126. The van der Waals surface area contributed by atoms with Gasteiger partial charge in [0.1, 0.15) is 7.05 Å². The second kappa shape index (κ2) is 5.70. The van der Waals surface area contributed by atoms with Gasteiger partial charge < -0.3 is 5.11 Å². The molecule has 0 bridgehead atoms. The van der Waals surface area contributed by atoms with Crippen molar-refractivity contribution in [2.75, 3.05) is 7.05 Å². The van der Waals surface area contributed by atoms with E-state index >= 15 is 0 Å². The van der Waals surface area contributed by atoms with E-state index in [1.807, 2.05) is 0 Å². The Hall–Kier alpha value is -2.41. The van der Waals surface area contributed by atoms with Crippen molar-refractivity contribution in [3.8, 4) is 0 Å². The molecule has 0 aliphatic heterocycles. The Kier molecular flexibility index (Phi) is 3.99. The fourth-order valence-electron chi connectivity index (χ4n) is 1.57. The van der Waals surface area contributed by atoms with Crippen molar-refractivity contribution in [2.45, 2.75) is 0 Å². The molecule has 8 heteroatoms. The number of nitrogens with one attached hydrogen (secondary N) is 1. The number of nitrogens with zero attached hydrogens (tertiary/aromatic N) is 4. The van der Waals surface area contributed by atoms with Crippen LogP contribution in [0.2, 0.25) is 5.02 Å². The van der Waals surface area contributed by atoms with Crippen LogP contribution in [0.25, 0.3) is 0 Å². The first-order chi connectivity index (χ1) is 9.52. The highest BCUT2D eigenvalue weighted by molar-refractivity contribution is 6.30. The predicted octanol–water partition coefficient (Wildman–Crippen LogP) is -0.727. The summed E-state index contributed by atoms with van der Waals surface area (Å²) in [6.45, 7) is 0. The van der Waals surface area contributed by atoms with E-state index in [1.165, 1.54) is 25.0 Å². The van der Waals surface area contributed by atoms with Gasteiger partial charge >= 0.3 is 5.56 Å². The summed E-state index contributed by atoms with van der Waals surface area (Å²) in [5, 5.41) is 18.7. The van der Waals surface area contributed by atoms with Crippen molar-refractivity contribution in [3.63, 3.8) is 0 Å². The van der Waals surface area contributed by atoms with Gasteiger partial charge in [-0.15, -0.1) is 0 Å². The number of aryl methyl sites for hydroxylation is 1. The van der Waals surface area contributed by atoms with Crippen molar-refractivity contribution in [3.05, 3.63) is 50.9 Å². The molecular formula is C12H12ClN5O2. The summed E-state index contributed by atoms with van der Waals surface area (Å²) < 4.78 is 1.27. The van der Waals surface area contributed by atoms with Gasteiger partial charge in [0.15, 0.2) is 0 Å². The van der Waals surface area contributed by atoms with Crippen LogP contribution in [-0.2, 0) is 7.05 Å². The molecule has 2 aromatic rings. The number of aliphatic imine (C=N–C) groups is 1. The lowest BCUT2D eigenvalue weighted by atomic mass is 10.2. The maximum absolute atomic E-state index is 12.0. The smallest absolute Gasteiger partial charge is 0.427 e. The first-order valence-electron chi connectivity index (χ1n) is 5.68. The zero-order valence-electron chi connectivity index (χ0n) is 10.9. The summed E-state index contributed by atoms with van der Waals surface area (Å²) in [6, 6.07) is 6.94. The molecule has 0 saturated heterocycles. The van der Waals surface area contributed by atoms with Crippen LogP contribution in [0.3, 0.4) is 0 Å². The van der Waals surface area contributed by atoms with E-state index in [0.29, 0.717) is 5.02 Å². The molecule has 0 aliphatic carbocycles. The van der Waals surface area contributed by atoms with Crippen LogP contribution in [-0.4, -0.2) is 29.2 Å². The average molecular weight is 294 g/mol. The Morgan fingerprint density at radius 3 is 2.70 bits per heavy atom. The molecule has 0 aliphatic rings. The summed E-state index contributed by atoms with van der Waals surface area (Å²) in [7, 11) is 2.87. The van der Waals surface area contributed by atoms with E-state index < -0.39 is 11.5 Å². The second-order valence-corrected chi connectivity index (χ2v) is 4.39. The molecular weight excluding hydrogens is 282 g/mol. The van der Waals surface area contributed by atoms with Crippen LogP contribution < -0.4 is 15.3 Å². The second-order valence-electron chi connectivity index (χ2n) is 3.95. The van der Waals surface area contributed by atoms with Crippen LogP contribution in [0.4, 0.5) is 0 Å². The fraction of sp³-hybridized carbons (Fsp3) is 0.167. The third-order valence-corrected chi connectivity index (χ3v) is 2.83. The fourth-order valence-corrected chi connectivity index (χ4v) is 1.70. The van der Waals surface area contributed by atoms with Crippen molar-refractivity contribution in [1.29, 1.82) is 0 Å². The number of hydrogen-bond acceptors (Lipinski definition) is 4. The molecule has 7 nitrogen and oxygen atoms in total. The van der Waals surface area contributed by atoms with Gasteiger partial charge in [-0.1, -0.05) is 34.0 Å². The molecule has 1 heterocycles. The number of benzene rings is 1. The molecule has 0 unspecified atom stereocenters. The van der Waals surface area contributed by atoms with Crippen LogP contribution in [0.5, 0.6) is 0 Å². The van der Waals surface area contributed by atoms with Gasteiger partial charge in [0.2, 0.25) is 5.69 Å². The summed E-state index contributed by atoms with van der Waals surface area (Å²) in [4.78, 5) is 16.4. The Morgan fingerprint density at radius 1 is 1.45 bits per heavy atom. The van der Waals surface area contributed by atoms with Crippen LogP contribution >= 0.6 is 11.6 Å². The van der Waals surface area contributed by atoms with Crippen LogP contribution in [0.15, 0.2) is 39.2 Å². The van der Waals surface area contributed by atoms with Gasteiger partial charge in [-0.25, -0.2) is 4.79 Å². The molecule has 0 fully saturated rings. The van der Waals surface area contributed by atoms with Gasteiger partial charge in [0, 0.05) is 22.8 Å². The molecule has 0 atom stereocenters.